The Morgan fingerprint density at radius 1 is 1.12 bits per heavy atom. The Morgan fingerprint density at radius 3 is 2.44 bits per heavy atom. The molecule has 132 valence electrons. The molecule has 0 unspecified atom stereocenters. The maximum Gasteiger partial charge on any atom is 0.330 e. The Balaban J connectivity index is 2.20. The Labute approximate surface area is 147 Å². The lowest BCUT2D eigenvalue weighted by atomic mass is 10.2. The van der Waals surface area contributed by atoms with Crippen LogP contribution in [-0.4, -0.2) is 28.1 Å². The summed E-state index contributed by atoms with van der Waals surface area (Å²) >= 11 is 0. The van der Waals surface area contributed by atoms with Crippen molar-refractivity contribution in [1.82, 2.24) is 0 Å². The molecule has 7 heteroatoms. The monoisotopic (exact) mass is 361 g/mol. The molecule has 2 aromatic rings. The summed E-state index contributed by atoms with van der Waals surface area (Å²) in [5.74, 6) is -0.0166. The molecule has 2 aromatic carbocycles. The van der Waals surface area contributed by atoms with Crippen molar-refractivity contribution in [1.29, 1.82) is 0 Å². The molecule has 0 saturated carbocycles. The molecule has 0 aliphatic carbocycles. The minimum absolute atomic E-state index is 0.106. The van der Waals surface area contributed by atoms with Gasteiger partial charge < -0.3 is 9.47 Å². The normalized spacial score (nSPS) is 11.3. The van der Waals surface area contributed by atoms with Crippen LogP contribution in [-0.2, 0) is 19.6 Å². The van der Waals surface area contributed by atoms with Gasteiger partial charge in [0.25, 0.3) is 10.0 Å². The van der Waals surface area contributed by atoms with Gasteiger partial charge in [-0.15, -0.1) is 0 Å². The predicted octanol–water partition coefficient (Wildman–Crippen LogP) is 3.07. The van der Waals surface area contributed by atoms with Crippen LogP contribution < -0.4 is 9.46 Å². The lowest BCUT2D eigenvalue weighted by Gasteiger charge is -2.12. The number of carbonyl (C=O) groups excluding carboxylic acids is 1. The zero-order chi connectivity index (χ0) is 18.3. The van der Waals surface area contributed by atoms with Crippen molar-refractivity contribution in [3.8, 4) is 5.75 Å². The molecule has 0 heterocycles. The van der Waals surface area contributed by atoms with Crippen LogP contribution >= 0.6 is 0 Å². The van der Waals surface area contributed by atoms with E-state index < -0.39 is 16.0 Å². The minimum Gasteiger partial charge on any atom is -0.492 e. The number of anilines is 1. The maximum atomic E-state index is 12.5. The van der Waals surface area contributed by atoms with Gasteiger partial charge in [-0.1, -0.05) is 24.3 Å². The van der Waals surface area contributed by atoms with Crippen molar-refractivity contribution in [2.75, 3.05) is 18.4 Å². The number of rotatable bonds is 7. The zero-order valence-electron chi connectivity index (χ0n) is 13.9. The number of hydrogen-bond donors (Lipinski definition) is 1. The van der Waals surface area contributed by atoms with Crippen molar-refractivity contribution >= 4 is 27.8 Å². The second-order valence-corrected chi connectivity index (χ2v) is 6.64. The number of carbonyl (C=O) groups is 1. The third-order valence-corrected chi connectivity index (χ3v) is 4.62. The van der Waals surface area contributed by atoms with Crippen molar-refractivity contribution in [2.24, 2.45) is 0 Å². The van der Waals surface area contributed by atoms with Crippen molar-refractivity contribution < 1.29 is 22.7 Å². The number of hydrogen-bond acceptors (Lipinski definition) is 5. The fourth-order valence-corrected chi connectivity index (χ4v) is 3.10. The van der Waals surface area contributed by atoms with Crippen molar-refractivity contribution in [2.45, 2.75) is 11.8 Å². The first-order valence-corrected chi connectivity index (χ1v) is 9.05. The van der Waals surface area contributed by atoms with Gasteiger partial charge in [-0.05, 0) is 42.8 Å². The molecule has 0 aromatic heterocycles. The summed E-state index contributed by atoms with van der Waals surface area (Å²) in [6, 6.07) is 12.9. The second kappa shape index (κ2) is 8.34. The van der Waals surface area contributed by atoms with E-state index in [9.17, 15) is 13.2 Å². The number of sulfonamides is 1. The van der Waals surface area contributed by atoms with Gasteiger partial charge in [0.1, 0.15) is 5.75 Å². The average Bonchev–Trinajstić information content (AvgIpc) is 2.61. The first kappa shape index (κ1) is 18.5. The van der Waals surface area contributed by atoms with Gasteiger partial charge in [0.05, 0.1) is 24.3 Å². The zero-order valence-corrected chi connectivity index (χ0v) is 14.7. The number of esters is 1. The molecule has 0 fully saturated rings. The van der Waals surface area contributed by atoms with Gasteiger partial charge in [0.2, 0.25) is 0 Å². The van der Waals surface area contributed by atoms with Gasteiger partial charge in [-0.25, -0.2) is 13.2 Å². The van der Waals surface area contributed by atoms with E-state index in [0.717, 1.165) is 0 Å². The molecule has 0 amide bonds. The molecule has 0 aliphatic rings. The van der Waals surface area contributed by atoms with Crippen molar-refractivity contribution in [3.05, 3.63) is 60.2 Å². The summed E-state index contributed by atoms with van der Waals surface area (Å²) in [7, 11) is -2.47. The summed E-state index contributed by atoms with van der Waals surface area (Å²) in [5, 5.41) is 0. The van der Waals surface area contributed by atoms with Crippen LogP contribution in [0.2, 0.25) is 0 Å². The highest BCUT2D eigenvalue weighted by molar-refractivity contribution is 7.92. The van der Waals surface area contributed by atoms with Crippen LogP contribution in [0.5, 0.6) is 5.75 Å². The summed E-state index contributed by atoms with van der Waals surface area (Å²) in [6.45, 7) is 2.26. The van der Waals surface area contributed by atoms with Crippen LogP contribution in [0, 0.1) is 0 Å². The predicted molar refractivity (Wildman–Crippen MR) is 95.9 cm³/mol. The number of para-hydroxylation sites is 2. The lowest BCUT2D eigenvalue weighted by Crippen LogP contribution is -2.13. The van der Waals surface area contributed by atoms with E-state index in [1.807, 2.05) is 6.92 Å². The van der Waals surface area contributed by atoms with Crippen LogP contribution in [0.15, 0.2) is 59.5 Å². The largest absolute Gasteiger partial charge is 0.492 e. The Morgan fingerprint density at radius 2 is 1.80 bits per heavy atom. The summed E-state index contributed by atoms with van der Waals surface area (Å²) in [5.41, 5.74) is 1.05. The van der Waals surface area contributed by atoms with Gasteiger partial charge in [-0.3, -0.25) is 4.72 Å². The van der Waals surface area contributed by atoms with Crippen LogP contribution in [0.25, 0.3) is 6.08 Å². The molecule has 0 spiro atoms. The lowest BCUT2D eigenvalue weighted by molar-refractivity contribution is -0.134. The highest BCUT2D eigenvalue weighted by atomic mass is 32.2. The highest BCUT2D eigenvalue weighted by Gasteiger charge is 2.16. The molecule has 6 nitrogen and oxygen atoms in total. The molecule has 1 N–H and O–H groups in total. The second-order valence-electron chi connectivity index (χ2n) is 4.96. The standard InChI is InChI=1S/C18H19NO5S/c1-3-24-17-7-5-4-6-16(17)19-25(21,22)15-11-8-14(9-12-15)10-13-18(20)23-2/h4-13,19H,3H2,1-2H3. The Hall–Kier alpha value is -2.80. The van der Waals surface area contributed by atoms with Gasteiger partial charge in [0, 0.05) is 6.08 Å². The third-order valence-electron chi connectivity index (χ3n) is 3.23. The maximum absolute atomic E-state index is 12.5. The summed E-state index contributed by atoms with van der Waals surface area (Å²) in [6.07, 6.45) is 2.81. The van der Waals surface area contributed by atoms with E-state index in [-0.39, 0.29) is 4.90 Å². The van der Waals surface area contributed by atoms with Crippen LogP contribution in [0.1, 0.15) is 12.5 Å². The van der Waals surface area contributed by atoms with E-state index in [4.69, 9.17) is 4.74 Å². The van der Waals surface area contributed by atoms with E-state index >= 15 is 0 Å². The van der Waals surface area contributed by atoms with E-state index in [1.165, 1.54) is 25.3 Å². The molecule has 0 atom stereocenters. The topological polar surface area (TPSA) is 81.7 Å². The van der Waals surface area contributed by atoms with E-state index in [1.54, 1.807) is 42.5 Å². The van der Waals surface area contributed by atoms with Crippen LogP contribution in [0.3, 0.4) is 0 Å². The molecular formula is C18H19NO5S. The van der Waals surface area contributed by atoms with Crippen molar-refractivity contribution in [3.63, 3.8) is 0 Å². The summed E-state index contributed by atoms with van der Waals surface area (Å²) in [4.78, 5) is 11.2. The van der Waals surface area contributed by atoms with E-state index in [0.29, 0.717) is 23.6 Å². The summed E-state index contributed by atoms with van der Waals surface area (Å²) < 4.78 is 37.5. The number of ether oxygens (including phenoxy) is 2. The fourth-order valence-electron chi connectivity index (χ4n) is 2.03. The molecule has 2 rings (SSSR count). The van der Waals surface area contributed by atoms with Gasteiger partial charge >= 0.3 is 5.97 Å². The first-order valence-electron chi connectivity index (χ1n) is 7.57. The molecule has 25 heavy (non-hydrogen) atoms. The van der Waals surface area contributed by atoms with Gasteiger partial charge in [0.15, 0.2) is 0 Å². The number of benzene rings is 2. The minimum atomic E-state index is -3.75. The Bertz CT molecular complexity index is 857. The fraction of sp³-hybridized carbons (Fsp3) is 0.167. The quantitative estimate of drug-likeness (QED) is 0.605. The van der Waals surface area contributed by atoms with E-state index in [2.05, 4.69) is 9.46 Å². The SMILES string of the molecule is CCOc1ccccc1NS(=O)(=O)c1ccc(C=CC(=O)OC)cc1. The van der Waals surface area contributed by atoms with Gasteiger partial charge in [-0.2, -0.15) is 0 Å². The molecule has 0 aliphatic heterocycles. The average molecular weight is 361 g/mol. The molecule has 0 radical (unpaired) electrons. The highest BCUT2D eigenvalue weighted by Crippen LogP contribution is 2.26. The third kappa shape index (κ3) is 5.09. The van der Waals surface area contributed by atoms with Crippen LogP contribution in [0.4, 0.5) is 5.69 Å². The number of nitrogens with one attached hydrogen (secondary N) is 1. The Kier molecular flexibility index (Phi) is 6.19. The molecular weight excluding hydrogens is 342 g/mol. The molecule has 0 bridgehead atoms. The molecule has 0 saturated heterocycles. The number of methoxy groups -OCH3 is 1. The first-order chi connectivity index (χ1) is 12.0. The smallest absolute Gasteiger partial charge is 0.330 e.